The summed E-state index contributed by atoms with van der Waals surface area (Å²) in [5.74, 6) is 0.852. The number of fused-ring (bicyclic) bond motifs is 3. The molecule has 0 fully saturated rings. The van der Waals surface area contributed by atoms with Gasteiger partial charge >= 0.3 is 0 Å². The lowest BCUT2D eigenvalue weighted by molar-refractivity contribution is 0.106. The Morgan fingerprint density at radius 1 is 1.33 bits per heavy atom. The fraction of sp³-hybridized carbons (Fsp3) is 0.214. The molecule has 1 aliphatic rings. The Morgan fingerprint density at radius 3 is 2.78 bits per heavy atom. The quantitative estimate of drug-likeness (QED) is 0.722. The Hall–Kier alpha value is -1.32. The summed E-state index contributed by atoms with van der Waals surface area (Å²) >= 11 is 7.00. The van der Waals surface area contributed by atoms with Gasteiger partial charge in [0.25, 0.3) is 5.24 Å². The van der Waals surface area contributed by atoms with Crippen LogP contribution in [-0.4, -0.2) is 5.24 Å². The number of ether oxygens (including phenoxy) is 1. The van der Waals surface area contributed by atoms with Crippen LogP contribution in [0.25, 0.3) is 10.4 Å². The molecule has 0 unspecified atom stereocenters. The minimum absolute atomic E-state index is 0.414. The Kier molecular flexibility index (Phi) is 2.50. The van der Waals surface area contributed by atoms with Crippen LogP contribution in [-0.2, 0) is 5.60 Å². The molecule has 0 N–H and O–H groups in total. The van der Waals surface area contributed by atoms with Crippen molar-refractivity contribution in [3.63, 3.8) is 0 Å². The monoisotopic (exact) mass is 278 g/mol. The van der Waals surface area contributed by atoms with Crippen molar-refractivity contribution in [1.29, 1.82) is 0 Å². The zero-order valence-corrected chi connectivity index (χ0v) is 11.6. The summed E-state index contributed by atoms with van der Waals surface area (Å²) in [4.78, 5) is 13.0. The van der Waals surface area contributed by atoms with Crippen molar-refractivity contribution in [3.05, 3.63) is 40.8 Å². The molecule has 0 aliphatic carbocycles. The minimum atomic E-state index is -0.440. The minimum Gasteiger partial charge on any atom is -0.482 e. The number of hydrogen-bond acceptors (Lipinski definition) is 3. The first-order valence-corrected chi connectivity index (χ1v) is 6.81. The van der Waals surface area contributed by atoms with Gasteiger partial charge in [0.05, 0.1) is 4.88 Å². The van der Waals surface area contributed by atoms with E-state index in [2.05, 4.69) is 0 Å². The molecule has 4 heteroatoms. The van der Waals surface area contributed by atoms with Gasteiger partial charge in [0.1, 0.15) is 11.4 Å². The third kappa shape index (κ3) is 1.66. The fourth-order valence-corrected chi connectivity index (χ4v) is 3.55. The number of hydrogen-bond donors (Lipinski definition) is 0. The lowest BCUT2D eigenvalue weighted by Crippen LogP contribution is -2.28. The zero-order valence-electron chi connectivity index (χ0n) is 9.99. The molecular formula is C14H11ClO2S. The molecule has 2 heterocycles. The largest absolute Gasteiger partial charge is 0.482 e. The van der Waals surface area contributed by atoms with E-state index in [9.17, 15) is 4.79 Å². The van der Waals surface area contributed by atoms with E-state index in [0.717, 1.165) is 21.8 Å². The lowest BCUT2D eigenvalue weighted by atomic mass is 9.92. The molecule has 0 amide bonds. The first kappa shape index (κ1) is 11.8. The molecule has 1 aromatic carbocycles. The van der Waals surface area contributed by atoms with Crippen molar-refractivity contribution in [2.24, 2.45) is 0 Å². The summed E-state index contributed by atoms with van der Waals surface area (Å²) < 4.78 is 5.99. The summed E-state index contributed by atoms with van der Waals surface area (Å²) in [6.45, 7) is 3.99. The summed E-state index contributed by atoms with van der Waals surface area (Å²) in [5.41, 5.74) is 1.61. The number of benzene rings is 1. The second-order valence-electron chi connectivity index (χ2n) is 4.74. The molecule has 1 aliphatic heterocycles. The van der Waals surface area contributed by atoms with Crippen LogP contribution in [0.15, 0.2) is 30.3 Å². The molecule has 0 bridgehead atoms. The average Bonchev–Trinajstić information content (AvgIpc) is 2.74. The molecule has 0 atom stereocenters. The molecule has 0 saturated heterocycles. The molecule has 0 spiro atoms. The summed E-state index contributed by atoms with van der Waals surface area (Å²) in [7, 11) is 0. The zero-order chi connectivity index (χ0) is 12.9. The highest BCUT2D eigenvalue weighted by molar-refractivity contribution is 7.19. The third-order valence-electron chi connectivity index (χ3n) is 3.07. The van der Waals surface area contributed by atoms with Crippen molar-refractivity contribution >= 4 is 28.2 Å². The number of para-hydroxylation sites is 1. The maximum atomic E-state index is 11.3. The Balaban J connectivity index is 2.29. The van der Waals surface area contributed by atoms with Gasteiger partial charge in [0.2, 0.25) is 0 Å². The Bertz CT molecular complexity index is 643. The third-order valence-corrected chi connectivity index (χ3v) is 4.55. The lowest BCUT2D eigenvalue weighted by Gasteiger charge is -2.32. The normalized spacial score (nSPS) is 15.5. The van der Waals surface area contributed by atoms with Crippen LogP contribution >= 0.6 is 22.9 Å². The van der Waals surface area contributed by atoms with Crippen molar-refractivity contribution < 1.29 is 9.53 Å². The van der Waals surface area contributed by atoms with E-state index in [1.165, 1.54) is 11.3 Å². The second-order valence-corrected chi connectivity index (χ2v) is 6.13. The molecule has 18 heavy (non-hydrogen) atoms. The SMILES string of the molecule is CC1(C)Oc2ccccc2-c2sc(C(=O)Cl)cc21. The highest BCUT2D eigenvalue weighted by Gasteiger charge is 2.34. The van der Waals surface area contributed by atoms with Crippen LogP contribution in [0.3, 0.4) is 0 Å². The van der Waals surface area contributed by atoms with Gasteiger partial charge in [-0.15, -0.1) is 11.3 Å². The molecule has 92 valence electrons. The summed E-state index contributed by atoms with van der Waals surface area (Å²) in [6, 6.07) is 9.70. The van der Waals surface area contributed by atoms with E-state index >= 15 is 0 Å². The van der Waals surface area contributed by atoms with Crippen LogP contribution in [0.5, 0.6) is 5.75 Å². The van der Waals surface area contributed by atoms with E-state index in [1.54, 1.807) is 0 Å². The first-order valence-electron chi connectivity index (χ1n) is 5.61. The first-order chi connectivity index (χ1) is 8.49. The number of halogens is 1. The fourth-order valence-electron chi connectivity index (χ4n) is 2.21. The van der Waals surface area contributed by atoms with Gasteiger partial charge in [-0.1, -0.05) is 12.1 Å². The summed E-state index contributed by atoms with van der Waals surface area (Å²) in [5, 5.41) is -0.414. The maximum Gasteiger partial charge on any atom is 0.262 e. The van der Waals surface area contributed by atoms with Gasteiger partial charge in [0, 0.05) is 16.0 Å². The average molecular weight is 279 g/mol. The number of thiophene rings is 1. The number of carbonyl (C=O) groups excluding carboxylic acids is 1. The van der Waals surface area contributed by atoms with Gasteiger partial charge < -0.3 is 4.74 Å². The second kappa shape index (κ2) is 3.84. The van der Waals surface area contributed by atoms with Crippen LogP contribution < -0.4 is 4.74 Å². The van der Waals surface area contributed by atoms with Gasteiger partial charge in [-0.05, 0) is 43.6 Å². The van der Waals surface area contributed by atoms with Crippen molar-refractivity contribution in [2.45, 2.75) is 19.4 Å². The predicted molar refractivity (Wildman–Crippen MR) is 73.6 cm³/mol. The van der Waals surface area contributed by atoms with E-state index in [-0.39, 0.29) is 0 Å². The molecule has 2 aromatic rings. The molecule has 1 aromatic heterocycles. The van der Waals surface area contributed by atoms with Crippen LogP contribution in [0.4, 0.5) is 0 Å². The Labute approximate surface area is 114 Å². The van der Waals surface area contributed by atoms with E-state index in [0.29, 0.717) is 4.88 Å². The standard InChI is InChI=1S/C14H11ClO2S/c1-14(2)9-7-11(13(15)16)18-12(9)8-5-3-4-6-10(8)17-14/h3-7H,1-2H3. The number of rotatable bonds is 1. The van der Waals surface area contributed by atoms with E-state index in [4.69, 9.17) is 16.3 Å². The van der Waals surface area contributed by atoms with Crippen LogP contribution in [0.2, 0.25) is 0 Å². The molecule has 0 radical (unpaired) electrons. The maximum absolute atomic E-state index is 11.3. The van der Waals surface area contributed by atoms with Crippen LogP contribution in [0.1, 0.15) is 29.1 Å². The van der Waals surface area contributed by atoms with Crippen molar-refractivity contribution in [1.82, 2.24) is 0 Å². The van der Waals surface area contributed by atoms with Gasteiger partial charge in [-0.2, -0.15) is 0 Å². The van der Waals surface area contributed by atoms with Crippen LogP contribution in [0, 0.1) is 0 Å². The molecular weight excluding hydrogens is 268 g/mol. The van der Waals surface area contributed by atoms with Gasteiger partial charge in [0.15, 0.2) is 0 Å². The Morgan fingerprint density at radius 2 is 2.06 bits per heavy atom. The summed E-state index contributed by atoms with van der Waals surface area (Å²) in [6.07, 6.45) is 0. The predicted octanol–water partition coefficient (Wildman–Crippen LogP) is 4.42. The van der Waals surface area contributed by atoms with E-state index < -0.39 is 10.8 Å². The van der Waals surface area contributed by atoms with Gasteiger partial charge in [-0.3, -0.25) is 4.79 Å². The van der Waals surface area contributed by atoms with Gasteiger partial charge in [-0.25, -0.2) is 0 Å². The molecule has 3 rings (SSSR count). The van der Waals surface area contributed by atoms with Crippen molar-refractivity contribution in [3.8, 4) is 16.2 Å². The van der Waals surface area contributed by atoms with E-state index in [1.807, 2.05) is 44.2 Å². The number of carbonyl (C=O) groups is 1. The topological polar surface area (TPSA) is 26.3 Å². The smallest absolute Gasteiger partial charge is 0.262 e. The molecule has 2 nitrogen and oxygen atoms in total. The highest BCUT2D eigenvalue weighted by atomic mass is 35.5. The highest BCUT2D eigenvalue weighted by Crippen LogP contribution is 2.48. The van der Waals surface area contributed by atoms with Crippen molar-refractivity contribution in [2.75, 3.05) is 0 Å². The molecule has 0 saturated carbocycles.